The Morgan fingerprint density at radius 2 is 1.84 bits per heavy atom. The highest BCUT2D eigenvalue weighted by Gasteiger charge is 2.26. The third-order valence-electron chi connectivity index (χ3n) is 4.01. The van der Waals surface area contributed by atoms with Gasteiger partial charge in [0.15, 0.2) is 0 Å². The van der Waals surface area contributed by atoms with E-state index in [1.165, 1.54) is 12.8 Å². The van der Waals surface area contributed by atoms with Crippen LogP contribution in [0.1, 0.15) is 43.0 Å². The van der Waals surface area contributed by atoms with E-state index in [1.807, 2.05) is 30.1 Å². The molecule has 1 saturated carbocycles. The fourth-order valence-electron chi connectivity index (χ4n) is 2.65. The third-order valence-corrected chi connectivity index (χ3v) is 5.16. The Kier molecular flexibility index (Phi) is 5.07. The van der Waals surface area contributed by atoms with Crippen LogP contribution in [0.25, 0.3) is 0 Å². The molecule has 0 heterocycles. The summed E-state index contributed by atoms with van der Waals surface area (Å²) in [6.07, 6.45) is 4.70. The molecule has 0 atom stereocenters. The zero-order chi connectivity index (χ0) is 14.0. The summed E-state index contributed by atoms with van der Waals surface area (Å²) in [6.45, 7) is 2.29. The number of nitrogens with zero attached hydrogens (tertiary/aromatic N) is 1. The molecule has 0 radical (unpaired) electrons. The smallest absolute Gasteiger partial charge is 0.254 e. The van der Waals surface area contributed by atoms with E-state index in [2.05, 4.69) is 38.8 Å². The molecule has 1 amide bonds. The van der Waals surface area contributed by atoms with E-state index in [0.29, 0.717) is 6.04 Å². The van der Waals surface area contributed by atoms with E-state index in [9.17, 15) is 4.79 Å². The van der Waals surface area contributed by atoms with Crippen LogP contribution >= 0.6 is 31.9 Å². The topological polar surface area (TPSA) is 20.3 Å². The molecule has 0 N–H and O–H groups in total. The van der Waals surface area contributed by atoms with Gasteiger partial charge in [-0.3, -0.25) is 4.79 Å². The second kappa shape index (κ2) is 6.40. The Hall–Kier alpha value is -0.350. The Labute approximate surface area is 131 Å². The first-order valence-electron chi connectivity index (χ1n) is 6.71. The summed E-state index contributed by atoms with van der Waals surface area (Å²) in [4.78, 5) is 14.5. The lowest BCUT2D eigenvalue weighted by atomic mass is 9.86. The van der Waals surface area contributed by atoms with Gasteiger partial charge in [-0.1, -0.05) is 22.9 Å². The van der Waals surface area contributed by atoms with Crippen molar-refractivity contribution in [1.29, 1.82) is 0 Å². The molecular weight excluding hydrogens is 370 g/mol. The minimum absolute atomic E-state index is 0.110. The van der Waals surface area contributed by atoms with Gasteiger partial charge in [0, 0.05) is 22.0 Å². The Bertz CT molecular complexity index is 467. The maximum absolute atomic E-state index is 12.5. The van der Waals surface area contributed by atoms with Gasteiger partial charge in [-0.05, 0) is 65.7 Å². The number of rotatable bonds is 2. The first kappa shape index (κ1) is 15.0. The normalized spacial score (nSPS) is 23.2. The SMILES string of the molecule is CC1CCC(N(C)C(=O)c2ccc(Br)cc2Br)CC1. The van der Waals surface area contributed by atoms with E-state index >= 15 is 0 Å². The van der Waals surface area contributed by atoms with Crippen LogP contribution in [-0.4, -0.2) is 23.9 Å². The number of carbonyl (C=O) groups excluding carboxylic acids is 1. The van der Waals surface area contributed by atoms with Crippen LogP contribution in [0.5, 0.6) is 0 Å². The van der Waals surface area contributed by atoms with Crippen LogP contribution in [0, 0.1) is 5.92 Å². The van der Waals surface area contributed by atoms with Crippen molar-refractivity contribution in [3.8, 4) is 0 Å². The van der Waals surface area contributed by atoms with Gasteiger partial charge in [0.2, 0.25) is 0 Å². The minimum atomic E-state index is 0.110. The average Bonchev–Trinajstić information content (AvgIpc) is 2.38. The average molecular weight is 389 g/mol. The molecule has 1 aliphatic carbocycles. The number of benzene rings is 1. The van der Waals surface area contributed by atoms with Gasteiger partial charge in [0.05, 0.1) is 5.56 Å². The Morgan fingerprint density at radius 1 is 1.21 bits per heavy atom. The van der Waals surface area contributed by atoms with Crippen LogP contribution in [-0.2, 0) is 0 Å². The summed E-state index contributed by atoms with van der Waals surface area (Å²) < 4.78 is 1.83. The molecule has 0 spiro atoms. The monoisotopic (exact) mass is 387 g/mol. The molecule has 19 heavy (non-hydrogen) atoms. The predicted octanol–water partition coefficient (Wildman–Crippen LogP) is 4.86. The van der Waals surface area contributed by atoms with E-state index < -0.39 is 0 Å². The highest BCUT2D eigenvalue weighted by molar-refractivity contribution is 9.11. The first-order valence-corrected chi connectivity index (χ1v) is 8.30. The summed E-state index contributed by atoms with van der Waals surface area (Å²) in [5, 5.41) is 0. The quantitative estimate of drug-likeness (QED) is 0.708. The van der Waals surface area contributed by atoms with E-state index in [-0.39, 0.29) is 5.91 Å². The van der Waals surface area contributed by atoms with Crippen molar-refractivity contribution in [2.24, 2.45) is 5.92 Å². The molecule has 2 rings (SSSR count). The summed E-state index contributed by atoms with van der Waals surface area (Å²) in [5.41, 5.74) is 0.740. The van der Waals surface area contributed by atoms with Gasteiger partial charge >= 0.3 is 0 Å². The summed E-state index contributed by atoms with van der Waals surface area (Å²) >= 11 is 6.88. The number of carbonyl (C=O) groups is 1. The van der Waals surface area contributed by atoms with Gasteiger partial charge < -0.3 is 4.90 Å². The molecule has 0 unspecified atom stereocenters. The first-order chi connectivity index (χ1) is 8.99. The fourth-order valence-corrected chi connectivity index (χ4v) is 3.87. The summed E-state index contributed by atoms with van der Waals surface area (Å²) in [7, 11) is 1.93. The second-order valence-corrected chi connectivity index (χ2v) is 7.22. The van der Waals surface area contributed by atoms with Crippen molar-refractivity contribution in [2.45, 2.75) is 38.6 Å². The maximum Gasteiger partial charge on any atom is 0.254 e. The van der Waals surface area contributed by atoms with Crippen molar-refractivity contribution < 1.29 is 4.79 Å². The molecule has 1 aromatic rings. The van der Waals surface area contributed by atoms with E-state index in [0.717, 1.165) is 33.3 Å². The number of halogens is 2. The zero-order valence-electron chi connectivity index (χ0n) is 11.3. The highest BCUT2D eigenvalue weighted by atomic mass is 79.9. The van der Waals surface area contributed by atoms with Gasteiger partial charge in [-0.2, -0.15) is 0 Å². The van der Waals surface area contributed by atoms with Gasteiger partial charge in [-0.15, -0.1) is 0 Å². The largest absolute Gasteiger partial charge is 0.339 e. The van der Waals surface area contributed by atoms with Crippen molar-refractivity contribution in [1.82, 2.24) is 4.90 Å². The lowest BCUT2D eigenvalue weighted by Gasteiger charge is -2.33. The number of hydrogen-bond donors (Lipinski definition) is 0. The molecule has 4 heteroatoms. The van der Waals surface area contributed by atoms with Gasteiger partial charge in [0.1, 0.15) is 0 Å². The van der Waals surface area contributed by atoms with E-state index in [4.69, 9.17) is 0 Å². The van der Waals surface area contributed by atoms with Crippen LogP contribution < -0.4 is 0 Å². The van der Waals surface area contributed by atoms with Crippen LogP contribution in [0.2, 0.25) is 0 Å². The maximum atomic E-state index is 12.5. The minimum Gasteiger partial charge on any atom is -0.339 e. The lowest BCUT2D eigenvalue weighted by Crippen LogP contribution is -2.39. The lowest BCUT2D eigenvalue weighted by molar-refractivity contribution is 0.0678. The third kappa shape index (κ3) is 3.60. The molecular formula is C15H19Br2NO. The van der Waals surface area contributed by atoms with Crippen molar-refractivity contribution in [2.75, 3.05) is 7.05 Å². The fraction of sp³-hybridized carbons (Fsp3) is 0.533. The molecule has 0 aromatic heterocycles. The summed E-state index contributed by atoms with van der Waals surface area (Å²) in [5.74, 6) is 0.915. The van der Waals surface area contributed by atoms with E-state index in [1.54, 1.807) is 0 Å². The molecule has 0 bridgehead atoms. The standard InChI is InChI=1S/C15H19Br2NO/c1-10-3-6-12(7-4-10)18(2)15(19)13-8-5-11(16)9-14(13)17/h5,8-10,12H,3-4,6-7H2,1-2H3. The summed E-state index contributed by atoms with van der Waals surface area (Å²) in [6, 6.07) is 6.09. The zero-order valence-corrected chi connectivity index (χ0v) is 14.5. The molecule has 2 nitrogen and oxygen atoms in total. The van der Waals surface area contributed by atoms with Gasteiger partial charge in [-0.25, -0.2) is 0 Å². The van der Waals surface area contributed by atoms with Crippen LogP contribution in [0.15, 0.2) is 27.1 Å². The molecule has 1 aromatic carbocycles. The van der Waals surface area contributed by atoms with Crippen LogP contribution in [0.4, 0.5) is 0 Å². The van der Waals surface area contributed by atoms with Crippen LogP contribution in [0.3, 0.4) is 0 Å². The van der Waals surface area contributed by atoms with Crippen molar-refractivity contribution in [3.05, 3.63) is 32.7 Å². The molecule has 104 valence electrons. The van der Waals surface area contributed by atoms with Crippen molar-refractivity contribution in [3.63, 3.8) is 0 Å². The Balaban J connectivity index is 2.10. The van der Waals surface area contributed by atoms with Crippen molar-refractivity contribution >= 4 is 37.8 Å². The van der Waals surface area contributed by atoms with Gasteiger partial charge in [0.25, 0.3) is 5.91 Å². The number of hydrogen-bond acceptors (Lipinski definition) is 1. The number of amides is 1. The molecule has 1 aliphatic rings. The molecule has 0 saturated heterocycles. The molecule has 0 aliphatic heterocycles. The molecule has 1 fully saturated rings. The Morgan fingerprint density at radius 3 is 2.42 bits per heavy atom. The predicted molar refractivity (Wildman–Crippen MR) is 85.4 cm³/mol. The highest BCUT2D eigenvalue weighted by Crippen LogP contribution is 2.29. The second-order valence-electron chi connectivity index (χ2n) is 5.45.